The normalized spacial score (nSPS) is 9.15. The van der Waals surface area contributed by atoms with E-state index in [1.165, 1.54) is 6.07 Å². The van der Waals surface area contributed by atoms with Crippen molar-refractivity contribution in [3.05, 3.63) is 28.5 Å². The van der Waals surface area contributed by atoms with Gasteiger partial charge in [-0.25, -0.2) is 4.39 Å². The molecule has 0 fully saturated rings. The minimum atomic E-state index is -0.460. The van der Waals surface area contributed by atoms with Crippen LogP contribution >= 0.6 is 23.2 Å². The summed E-state index contributed by atoms with van der Waals surface area (Å²) in [6, 6.07) is 2.36. The lowest BCUT2D eigenvalue weighted by molar-refractivity contribution is 0.628. The molecular formula is C9H6Cl2FN. The Morgan fingerprint density at radius 3 is 2.77 bits per heavy atom. The van der Waals surface area contributed by atoms with Gasteiger partial charge in [0.2, 0.25) is 0 Å². The number of nitrogen functional groups attached to an aromatic ring is 1. The standard InChI is InChI=1S/C9H6Cl2FN/c10-3-1-2-6-4-7(12)5-8(11)9(6)13/h4-5H,3,13H2. The van der Waals surface area contributed by atoms with E-state index in [9.17, 15) is 4.39 Å². The van der Waals surface area contributed by atoms with Gasteiger partial charge in [0.15, 0.2) is 0 Å². The van der Waals surface area contributed by atoms with Gasteiger partial charge in [-0.1, -0.05) is 23.4 Å². The Morgan fingerprint density at radius 1 is 1.46 bits per heavy atom. The zero-order chi connectivity index (χ0) is 9.84. The van der Waals surface area contributed by atoms with Gasteiger partial charge < -0.3 is 5.73 Å². The summed E-state index contributed by atoms with van der Waals surface area (Å²) in [6.45, 7) is 0. The highest BCUT2D eigenvalue weighted by molar-refractivity contribution is 6.33. The van der Waals surface area contributed by atoms with Crippen molar-refractivity contribution in [1.82, 2.24) is 0 Å². The molecule has 68 valence electrons. The van der Waals surface area contributed by atoms with Gasteiger partial charge >= 0.3 is 0 Å². The van der Waals surface area contributed by atoms with Crippen LogP contribution in [-0.2, 0) is 0 Å². The summed E-state index contributed by atoms with van der Waals surface area (Å²) >= 11 is 11.0. The van der Waals surface area contributed by atoms with Crippen molar-refractivity contribution >= 4 is 28.9 Å². The molecule has 0 saturated carbocycles. The molecule has 4 heteroatoms. The molecule has 13 heavy (non-hydrogen) atoms. The first-order chi connectivity index (χ1) is 6.15. The molecule has 0 amide bonds. The van der Waals surface area contributed by atoms with E-state index in [1.807, 2.05) is 0 Å². The van der Waals surface area contributed by atoms with Crippen molar-refractivity contribution in [2.24, 2.45) is 0 Å². The van der Waals surface area contributed by atoms with Crippen molar-refractivity contribution in [3.63, 3.8) is 0 Å². The predicted octanol–water partition coefficient (Wildman–Crippen LogP) is 2.65. The number of hydrogen-bond donors (Lipinski definition) is 1. The van der Waals surface area contributed by atoms with Gasteiger partial charge in [0.1, 0.15) is 5.82 Å². The SMILES string of the molecule is Nc1c(Cl)cc(F)cc1C#CCCl. The van der Waals surface area contributed by atoms with E-state index in [-0.39, 0.29) is 16.6 Å². The molecule has 0 aromatic heterocycles. The Hall–Kier alpha value is -0.910. The zero-order valence-electron chi connectivity index (χ0n) is 6.57. The Bertz CT molecular complexity index is 379. The number of anilines is 1. The largest absolute Gasteiger partial charge is 0.397 e. The molecule has 1 nitrogen and oxygen atoms in total. The smallest absolute Gasteiger partial charge is 0.126 e. The van der Waals surface area contributed by atoms with Gasteiger partial charge in [0.05, 0.1) is 22.2 Å². The van der Waals surface area contributed by atoms with Crippen LogP contribution in [0.25, 0.3) is 0 Å². The van der Waals surface area contributed by atoms with Crippen molar-refractivity contribution in [2.75, 3.05) is 11.6 Å². The molecule has 0 aliphatic carbocycles. The number of benzene rings is 1. The van der Waals surface area contributed by atoms with Crippen LogP contribution in [0.2, 0.25) is 5.02 Å². The lowest BCUT2D eigenvalue weighted by atomic mass is 10.2. The number of alkyl halides is 1. The van der Waals surface area contributed by atoms with Gasteiger partial charge in [-0.3, -0.25) is 0 Å². The average molecular weight is 218 g/mol. The second-order valence-corrected chi connectivity index (χ2v) is 2.96. The number of rotatable bonds is 0. The summed E-state index contributed by atoms with van der Waals surface area (Å²) < 4.78 is 12.8. The molecule has 0 aliphatic rings. The molecule has 0 saturated heterocycles. The van der Waals surface area contributed by atoms with Gasteiger partial charge in [-0.05, 0) is 12.1 Å². The van der Waals surface area contributed by atoms with E-state index in [4.69, 9.17) is 28.9 Å². The lowest BCUT2D eigenvalue weighted by Crippen LogP contribution is -1.93. The Morgan fingerprint density at radius 2 is 2.15 bits per heavy atom. The van der Waals surface area contributed by atoms with Gasteiger partial charge in [-0.2, -0.15) is 0 Å². The van der Waals surface area contributed by atoms with Crippen LogP contribution < -0.4 is 5.73 Å². The minimum Gasteiger partial charge on any atom is -0.397 e. The van der Waals surface area contributed by atoms with E-state index >= 15 is 0 Å². The van der Waals surface area contributed by atoms with E-state index in [1.54, 1.807) is 0 Å². The topological polar surface area (TPSA) is 26.0 Å². The summed E-state index contributed by atoms with van der Waals surface area (Å²) in [5.41, 5.74) is 6.19. The maximum atomic E-state index is 12.8. The molecule has 1 rings (SSSR count). The molecule has 1 aromatic carbocycles. The Balaban J connectivity index is 3.20. The molecule has 0 bridgehead atoms. The predicted molar refractivity (Wildman–Crippen MR) is 53.4 cm³/mol. The van der Waals surface area contributed by atoms with Gasteiger partial charge in [0.25, 0.3) is 0 Å². The first-order valence-electron chi connectivity index (χ1n) is 3.44. The summed E-state index contributed by atoms with van der Waals surface area (Å²) in [5.74, 6) is 4.90. The van der Waals surface area contributed by atoms with Crippen LogP contribution in [0.15, 0.2) is 12.1 Å². The van der Waals surface area contributed by atoms with Crippen LogP contribution in [0.4, 0.5) is 10.1 Å². The first kappa shape index (κ1) is 10.2. The van der Waals surface area contributed by atoms with E-state index in [0.29, 0.717) is 5.56 Å². The number of hydrogen-bond acceptors (Lipinski definition) is 1. The quantitative estimate of drug-likeness (QED) is 0.404. The van der Waals surface area contributed by atoms with Crippen LogP contribution in [0.3, 0.4) is 0 Å². The van der Waals surface area contributed by atoms with Crippen molar-refractivity contribution in [2.45, 2.75) is 0 Å². The maximum Gasteiger partial charge on any atom is 0.126 e. The Labute approximate surface area is 85.6 Å². The Kier molecular flexibility index (Phi) is 3.41. The highest BCUT2D eigenvalue weighted by Gasteiger charge is 2.03. The molecular weight excluding hydrogens is 212 g/mol. The molecule has 0 spiro atoms. The zero-order valence-corrected chi connectivity index (χ0v) is 8.08. The third-order valence-corrected chi connectivity index (χ3v) is 1.83. The summed E-state index contributed by atoms with van der Waals surface area (Å²) in [5, 5.41) is 0.166. The van der Waals surface area contributed by atoms with Crippen LogP contribution in [0, 0.1) is 17.7 Å². The third-order valence-electron chi connectivity index (χ3n) is 1.38. The van der Waals surface area contributed by atoms with Gasteiger partial charge in [-0.15, -0.1) is 11.6 Å². The number of halogens is 3. The van der Waals surface area contributed by atoms with Crippen LogP contribution in [0.5, 0.6) is 0 Å². The fourth-order valence-corrected chi connectivity index (χ4v) is 1.09. The summed E-state index contributed by atoms with van der Waals surface area (Å²) in [7, 11) is 0. The highest BCUT2D eigenvalue weighted by atomic mass is 35.5. The van der Waals surface area contributed by atoms with E-state index in [0.717, 1.165) is 6.07 Å². The fourth-order valence-electron chi connectivity index (χ4n) is 0.817. The van der Waals surface area contributed by atoms with Gasteiger partial charge in [0, 0.05) is 0 Å². The molecule has 0 heterocycles. The summed E-state index contributed by atoms with van der Waals surface area (Å²) in [6.07, 6.45) is 0. The van der Waals surface area contributed by atoms with Crippen LogP contribution in [-0.4, -0.2) is 5.88 Å². The monoisotopic (exact) mass is 217 g/mol. The highest BCUT2D eigenvalue weighted by Crippen LogP contribution is 2.23. The third kappa shape index (κ3) is 2.51. The number of nitrogens with two attached hydrogens (primary N) is 1. The fraction of sp³-hybridized carbons (Fsp3) is 0.111. The molecule has 0 aliphatic heterocycles. The maximum absolute atomic E-state index is 12.8. The molecule has 0 radical (unpaired) electrons. The minimum absolute atomic E-state index is 0.166. The average Bonchev–Trinajstić information content (AvgIpc) is 2.09. The lowest BCUT2D eigenvalue weighted by Gasteiger charge is -2.00. The second-order valence-electron chi connectivity index (χ2n) is 2.28. The molecule has 2 N–H and O–H groups in total. The second kappa shape index (κ2) is 4.36. The first-order valence-corrected chi connectivity index (χ1v) is 4.35. The molecule has 1 aromatic rings. The summed E-state index contributed by atoms with van der Waals surface area (Å²) in [4.78, 5) is 0. The van der Waals surface area contributed by atoms with Crippen molar-refractivity contribution in [1.29, 1.82) is 0 Å². The van der Waals surface area contributed by atoms with Crippen molar-refractivity contribution in [3.8, 4) is 11.8 Å². The van der Waals surface area contributed by atoms with Crippen molar-refractivity contribution < 1.29 is 4.39 Å². The van der Waals surface area contributed by atoms with E-state index in [2.05, 4.69) is 11.8 Å². The molecule has 0 unspecified atom stereocenters. The molecule has 0 atom stereocenters. The van der Waals surface area contributed by atoms with E-state index < -0.39 is 5.82 Å². The van der Waals surface area contributed by atoms with Crippen LogP contribution in [0.1, 0.15) is 5.56 Å².